The molecule has 0 unspecified atom stereocenters. The summed E-state index contributed by atoms with van der Waals surface area (Å²) in [6.07, 6.45) is 5.42. The Morgan fingerprint density at radius 2 is 2.27 bits per heavy atom. The number of nitrogens with zero attached hydrogens (tertiary/aromatic N) is 3. The van der Waals surface area contributed by atoms with Gasteiger partial charge in [0.15, 0.2) is 5.65 Å². The molecule has 4 nitrogen and oxygen atoms in total. The van der Waals surface area contributed by atoms with Crippen molar-refractivity contribution in [3.63, 3.8) is 0 Å². The van der Waals surface area contributed by atoms with E-state index in [4.69, 9.17) is 5.73 Å². The van der Waals surface area contributed by atoms with Crippen molar-refractivity contribution in [3.05, 3.63) is 29.7 Å². The third kappa shape index (κ3) is 1.41. The molecule has 1 aliphatic carbocycles. The van der Waals surface area contributed by atoms with Crippen molar-refractivity contribution < 1.29 is 0 Å². The summed E-state index contributed by atoms with van der Waals surface area (Å²) in [6.45, 7) is 0.658. The molecule has 2 aromatic heterocycles. The van der Waals surface area contributed by atoms with Crippen LogP contribution < -0.4 is 5.73 Å². The van der Waals surface area contributed by atoms with E-state index < -0.39 is 0 Å². The highest BCUT2D eigenvalue weighted by atomic mass is 15.3. The Morgan fingerprint density at radius 1 is 1.40 bits per heavy atom. The van der Waals surface area contributed by atoms with E-state index in [2.05, 4.69) is 20.7 Å². The quantitative estimate of drug-likeness (QED) is 0.811. The van der Waals surface area contributed by atoms with Gasteiger partial charge in [0.2, 0.25) is 0 Å². The van der Waals surface area contributed by atoms with Gasteiger partial charge in [-0.25, -0.2) is 0 Å². The molecule has 0 saturated heterocycles. The summed E-state index contributed by atoms with van der Waals surface area (Å²) in [5.41, 5.74) is 7.74. The highest BCUT2D eigenvalue weighted by Crippen LogP contribution is 2.39. The van der Waals surface area contributed by atoms with Crippen LogP contribution in [0.4, 0.5) is 0 Å². The van der Waals surface area contributed by atoms with Crippen LogP contribution in [0, 0.1) is 0 Å². The second kappa shape index (κ2) is 3.31. The molecule has 0 spiro atoms. The molecule has 0 atom stereocenters. The molecule has 15 heavy (non-hydrogen) atoms. The zero-order chi connectivity index (χ0) is 10.3. The molecule has 2 aromatic rings. The van der Waals surface area contributed by atoms with Gasteiger partial charge in [0.25, 0.3) is 0 Å². The fraction of sp³-hybridized carbons (Fsp3) is 0.455. The van der Waals surface area contributed by atoms with Crippen molar-refractivity contribution in [1.29, 1.82) is 0 Å². The summed E-state index contributed by atoms with van der Waals surface area (Å²) in [4.78, 5) is 0. The van der Waals surface area contributed by atoms with Crippen LogP contribution in [-0.4, -0.2) is 21.1 Å². The van der Waals surface area contributed by atoms with E-state index in [9.17, 15) is 0 Å². The van der Waals surface area contributed by atoms with Crippen LogP contribution in [0.2, 0.25) is 0 Å². The van der Waals surface area contributed by atoms with Crippen LogP contribution >= 0.6 is 0 Å². The molecular formula is C11H14N4. The van der Waals surface area contributed by atoms with Gasteiger partial charge in [-0.1, -0.05) is 6.07 Å². The molecule has 0 aromatic carbocycles. The average molecular weight is 202 g/mol. The molecule has 3 rings (SSSR count). The maximum Gasteiger partial charge on any atom is 0.164 e. The van der Waals surface area contributed by atoms with Gasteiger partial charge < -0.3 is 5.73 Å². The van der Waals surface area contributed by atoms with Gasteiger partial charge in [0.1, 0.15) is 5.82 Å². The Balaban J connectivity index is 2.14. The monoisotopic (exact) mass is 202 g/mol. The Morgan fingerprint density at radius 3 is 3.00 bits per heavy atom. The molecule has 2 heterocycles. The first kappa shape index (κ1) is 8.85. The van der Waals surface area contributed by atoms with Gasteiger partial charge in [-0.2, -0.15) is 0 Å². The lowest BCUT2D eigenvalue weighted by Gasteiger charge is -2.01. The third-order valence-corrected chi connectivity index (χ3v) is 2.90. The number of pyridine rings is 1. The van der Waals surface area contributed by atoms with Crippen LogP contribution in [0.3, 0.4) is 0 Å². The first-order valence-corrected chi connectivity index (χ1v) is 5.42. The van der Waals surface area contributed by atoms with Crippen LogP contribution in [0.15, 0.2) is 18.3 Å². The van der Waals surface area contributed by atoms with Crippen LogP contribution in [-0.2, 0) is 6.42 Å². The zero-order valence-corrected chi connectivity index (χ0v) is 8.56. The average Bonchev–Trinajstić information content (AvgIpc) is 3.00. The summed E-state index contributed by atoms with van der Waals surface area (Å²) in [5.74, 6) is 1.75. The highest BCUT2D eigenvalue weighted by molar-refractivity contribution is 5.48. The summed E-state index contributed by atoms with van der Waals surface area (Å²) < 4.78 is 2.11. The zero-order valence-electron chi connectivity index (χ0n) is 8.56. The maximum atomic E-state index is 5.57. The van der Waals surface area contributed by atoms with Crippen molar-refractivity contribution in [2.45, 2.75) is 25.2 Å². The molecule has 0 amide bonds. The van der Waals surface area contributed by atoms with E-state index in [-0.39, 0.29) is 0 Å². The van der Waals surface area contributed by atoms with Crippen molar-refractivity contribution in [2.24, 2.45) is 5.73 Å². The van der Waals surface area contributed by atoms with Crippen LogP contribution in [0.25, 0.3) is 5.65 Å². The van der Waals surface area contributed by atoms with Gasteiger partial charge in [-0.15, -0.1) is 10.2 Å². The number of fused-ring (bicyclic) bond motifs is 1. The van der Waals surface area contributed by atoms with E-state index in [1.165, 1.54) is 18.4 Å². The molecule has 0 aliphatic heterocycles. The molecule has 2 N–H and O–H groups in total. The molecule has 4 heteroatoms. The first-order valence-electron chi connectivity index (χ1n) is 5.42. The lowest BCUT2D eigenvalue weighted by molar-refractivity contribution is 0.895. The van der Waals surface area contributed by atoms with Gasteiger partial charge in [-0.3, -0.25) is 4.40 Å². The van der Waals surface area contributed by atoms with Crippen molar-refractivity contribution in [1.82, 2.24) is 14.6 Å². The Labute approximate surface area is 88.1 Å². The molecule has 0 bridgehead atoms. The minimum absolute atomic E-state index is 0.633. The summed E-state index contributed by atoms with van der Waals surface area (Å²) in [6, 6.07) is 4.13. The summed E-state index contributed by atoms with van der Waals surface area (Å²) in [7, 11) is 0. The fourth-order valence-electron chi connectivity index (χ4n) is 1.96. The molecule has 78 valence electrons. The molecular weight excluding hydrogens is 188 g/mol. The summed E-state index contributed by atoms with van der Waals surface area (Å²) >= 11 is 0. The number of hydrogen-bond donors (Lipinski definition) is 1. The van der Waals surface area contributed by atoms with Crippen LogP contribution in [0.5, 0.6) is 0 Å². The predicted molar refractivity (Wildman–Crippen MR) is 57.7 cm³/mol. The summed E-state index contributed by atoms with van der Waals surface area (Å²) in [5, 5.41) is 8.53. The Kier molecular flexibility index (Phi) is 1.95. The number of aromatic nitrogens is 3. The lowest BCUT2D eigenvalue weighted by Crippen LogP contribution is -2.04. The van der Waals surface area contributed by atoms with Crippen molar-refractivity contribution >= 4 is 5.65 Å². The van der Waals surface area contributed by atoms with E-state index in [1.54, 1.807) is 0 Å². The van der Waals surface area contributed by atoms with E-state index in [1.807, 2.05) is 12.3 Å². The van der Waals surface area contributed by atoms with E-state index >= 15 is 0 Å². The number of rotatable bonds is 3. The largest absolute Gasteiger partial charge is 0.330 e. The minimum Gasteiger partial charge on any atom is -0.330 e. The Bertz CT molecular complexity index is 484. The molecule has 0 radical (unpaired) electrons. The van der Waals surface area contributed by atoms with Crippen molar-refractivity contribution in [2.75, 3.05) is 6.54 Å². The maximum absolute atomic E-state index is 5.57. The predicted octanol–water partition coefficient (Wildman–Crippen LogP) is 1.11. The van der Waals surface area contributed by atoms with E-state index in [0.29, 0.717) is 12.5 Å². The fourth-order valence-corrected chi connectivity index (χ4v) is 1.96. The highest BCUT2D eigenvalue weighted by Gasteiger charge is 2.28. The van der Waals surface area contributed by atoms with Crippen LogP contribution in [0.1, 0.15) is 30.1 Å². The first-order chi connectivity index (χ1) is 7.40. The smallest absolute Gasteiger partial charge is 0.164 e. The van der Waals surface area contributed by atoms with Gasteiger partial charge in [0, 0.05) is 12.1 Å². The van der Waals surface area contributed by atoms with Gasteiger partial charge >= 0.3 is 0 Å². The van der Waals surface area contributed by atoms with Crippen molar-refractivity contribution in [3.8, 4) is 0 Å². The lowest BCUT2D eigenvalue weighted by atomic mass is 10.2. The number of hydrogen-bond acceptors (Lipinski definition) is 3. The second-order valence-electron chi connectivity index (χ2n) is 4.10. The standard InChI is InChI=1S/C11H14N4/c12-6-5-8-2-1-7-15-10(8)13-14-11(15)9-3-4-9/h1-2,7,9H,3-6,12H2. The molecule has 1 aliphatic rings. The SMILES string of the molecule is NCCc1cccn2c(C3CC3)nnc12. The molecule has 1 saturated carbocycles. The topological polar surface area (TPSA) is 56.2 Å². The van der Waals surface area contributed by atoms with Gasteiger partial charge in [0.05, 0.1) is 0 Å². The molecule has 1 fully saturated rings. The minimum atomic E-state index is 0.633. The third-order valence-electron chi connectivity index (χ3n) is 2.90. The number of nitrogens with two attached hydrogens (primary N) is 1. The van der Waals surface area contributed by atoms with E-state index in [0.717, 1.165) is 17.9 Å². The normalized spacial score (nSPS) is 16.1. The second-order valence-corrected chi connectivity index (χ2v) is 4.10. The van der Waals surface area contributed by atoms with Gasteiger partial charge in [-0.05, 0) is 37.4 Å². The Hall–Kier alpha value is -1.42.